The fourth-order valence-electron chi connectivity index (χ4n) is 2.76. The Labute approximate surface area is 165 Å². The van der Waals surface area contributed by atoms with Gasteiger partial charge in [0.25, 0.3) is 0 Å². The molecule has 0 amide bonds. The van der Waals surface area contributed by atoms with Crippen LogP contribution in [0.3, 0.4) is 0 Å². The van der Waals surface area contributed by atoms with Crippen LogP contribution in [0.15, 0.2) is 84.9 Å². The maximum absolute atomic E-state index is 13.9. The van der Waals surface area contributed by atoms with Gasteiger partial charge in [0.05, 0.1) is 16.9 Å². The second-order valence-electron chi connectivity index (χ2n) is 5.99. The Kier molecular flexibility index (Phi) is 4.91. The monoisotopic (exact) mass is 392 g/mol. The SMILES string of the molecule is O=C(Oc1cc(-c2ccccc2)nn1-c1cccc(Cl)c1)c1ccccc1F. The molecule has 0 aliphatic rings. The number of rotatable bonds is 4. The average molecular weight is 393 g/mol. The van der Waals surface area contributed by atoms with Crippen LogP contribution in [0.1, 0.15) is 10.4 Å². The van der Waals surface area contributed by atoms with Crippen molar-refractivity contribution in [1.29, 1.82) is 0 Å². The quantitative estimate of drug-likeness (QED) is 0.427. The molecule has 0 saturated carbocycles. The van der Waals surface area contributed by atoms with Gasteiger partial charge >= 0.3 is 5.97 Å². The van der Waals surface area contributed by atoms with Gasteiger partial charge in [-0.25, -0.2) is 9.18 Å². The third-order valence-electron chi connectivity index (χ3n) is 4.09. The predicted octanol–water partition coefficient (Wildman–Crippen LogP) is 5.55. The molecule has 0 fully saturated rings. The molecule has 3 aromatic carbocycles. The smallest absolute Gasteiger partial charge is 0.347 e. The molecule has 4 rings (SSSR count). The lowest BCUT2D eigenvalue weighted by Crippen LogP contribution is -2.13. The summed E-state index contributed by atoms with van der Waals surface area (Å²) in [6, 6.07) is 23.7. The van der Waals surface area contributed by atoms with Gasteiger partial charge in [0, 0.05) is 16.7 Å². The Bertz CT molecular complexity index is 1140. The largest absolute Gasteiger partial charge is 0.404 e. The first kappa shape index (κ1) is 17.9. The molecule has 6 heteroatoms. The Morgan fingerprint density at radius 1 is 0.929 bits per heavy atom. The van der Waals surface area contributed by atoms with E-state index in [-0.39, 0.29) is 11.4 Å². The Balaban J connectivity index is 1.77. The molecule has 0 spiro atoms. The highest BCUT2D eigenvalue weighted by atomic mass is 35.5. The number of hydrogen-bond donors (Lipinski definition) is 0. The lowest BCUT2D eigenvalue weighted by atomic mass is 10.2. The van der Waals surface area contributed by atoms with Crippen molar-refractivity contribution in [1.82, 2.24) is 9.78 Å². The number of ether oxygens (including phenoxy) is 1. The summed E-state index contributed by atoms with van der Waals surface area (Å²) in [7, 11) is 0. The van der Waals surface area contributed by atoms with E-state index in [1.165, 1.54) is 22.9 Å². The summed E-state index contributed by atoms with van der Waals surface area (Å²) in [6.07, 6.45) is 0. The van der Waals surface area contributed by atoms with E-state index < -0.39 is 11.8 Å². The molecule has 4 nitrogen and oxygen atoms in total. The summed E-state index contributed by atoms with van der Waals surface area (Å²) in [5.41, 5.74) is 1.93. The highest BCUT2D eigenvalue weighted by molar-refractivity contribution is 6.30. The number of carbonyl (C=O) groups is 1. The second kappa shape index (κ2) is 7.66. The van der Waals surface area contributed by atoms with Gasteiger partial charge in [-0.1, -0.05) is 60.1 Å². The molecule has 138 valence electrons. The Morgan fingerprint density at radius 2 is 1.68 bits per heavy atom. The zero-order valence-electron chi connectivity index (χ0n) is 14.5. The highest BCUT2D eigenvalue weighted by Gasteiger charge is 2.19. The van der Waals surface area contributed by atoms with E-state index in [4.69, 9.17) is 16.3 Å². The normalized spacial score (nSPS) is 10.6. The number of hydrogen-bond acceptors (Lipinski definition) is 3. The first-order valence-electron chi connectivity index (χ1n) is 8.50. The first-order chi connectivity index (χ1) is 13.6. The highest BCUT2D eigenvalue weighted by Crippen LogP contribution is 2.28. The van der Waals surface area contributed by atoms with Crippen molar-refractivity contribution >= 4 is 17.6 Å². The lowest BCUT2D eigenvalue weighted by molar-refractivity contribution is 0.0718. The summed E-state index contributed by atoms with van der Waals surface area (Å²) in [5, 5.41) is 5.06. The van der Waals surface area contributed by atoms with E-state index >= 15 is 0 Å². The fourth-order valence-corrected chi connectivity index (χ4v) is 2.94. The van der Waals surface area contributed by atoms with Crippen LogP contribution in [-0.4, -0.2) is 15.7 Å². The summed E-state index contributed by atoms with van der Waals surface area (Å²) < 4.78 is 20.9. The summed E-state index contributed by atoms with van der Waals surface area (Å²) in [5.74, 6) is -1.29. The molecule has 0 unspecified atom stereocenters. The van der Waals surface area contributed by atoms with Crippen LogP contribution in [0.4, 0.5) is 4.39 Å². The van der Waals surface area contributed by atoms with Crippen molar-refractivity contribution in [3.63, 3.8) is 0 Å². The van der Waals surface area contributed by atoms with E-state index in [1.807, 2.05) is 30.3 Å². The number of benzene rings is 3. The molecule has 0 aliphatic carbocycles. The zero-order chi connectivity index (χ0) is 19.5. The number of aromatic nitrogens is 2. The minimum Gasteiger partial charge on any atom is -0.404 e. The molecule has 0 atom stereocenters. The van der Waals surface area contributed by atoms with Crippen molar-refractivity contribution < 1.29 is 13.9 Å². The minimum absolute atomic E-state index is 0.150. The molecule has 0 saturated heterocycles. The van der Waals surface area contributed by atoms with Crippen molar-refractivity contribution in [2.75, 3.05) is 0 Å². The van der Waals surface area contributed by atoms with E-state index in [1.54, 1.807) is 36.4 Å². The van der Waals surface area contributed by atoms with Crippen molar-refractivity contribution in [3.8, 4) is 22.8 Å². The van der Waals surface area contributed by atoms with Gasteiger partial charge in [0.15, 0.2) is 0 Å². The average Bonchev–Trinajstić information content (AvgIpc) is 3.13. The number of nitrogens with zero attached hydrogens (tertiary/aromatic N) is 2. The topological polar surface area (TPSA) is 44.1 Å². The second-order valence-corrected chi connectivity index (χ2v) is 6.43. The number of halogens is 2. The number of esters is 1. The van der Waals surface area contributed by atoms with Gasteiger partial charge in [-0.3, -0.25) is 0 Å². The minimum atomic E-state index is -0.805. The molecule has 1 heterocycles. The van der Waals surface area contributed by atoms with Gasteiger partial charge in [0.1, 0.15) is 5.82 Å². The molecule has 28 heavy (non-hydrogen) atoms. The van der Waals surface area contributed by atoms with Gasteiger partial charge < -0.3 is 4.74 Å². The molecule has 4 aromatic rings. The summed E-state index contributed by atoms with van der Waals surface area (Å²) >= 11 is 6.09. The fraction of sp³-hybridized carbons (Fsp3) is 0. The first-order valence-corrected chi connectivity index (χ1v) is 8.88. The van der Waals surface area contributed by atoms with E-state index in [9.17, 15) is 9.18 Å². The van der Waals surface area contributed by atoms with E-state index in [0.717, 1.165) is 5.56 Å². The van der Waals surface area contributed by atoms with Crippen LogP contribution in [0.2, 0.25) is 5.02 Å². The van der Waals surface area contributed by atoms with Crippen molar-refractivity contribution in [3.05, 3.63) is 101 Å². The van der Waals surface area contributed by atoms with Crippen LogP contribution in [0, 0.1) is 5.82 Å². The molecular formula is C22H14ClFN2O2. The van der Waals surface area contributed by atoms with Crippen LogP contribution in [0.5, 0.6) is 5.88 Å². The van der Waals surface area contributed by atoms with Crippen LogP contribution in [0.25, 0.3) is 16.9 Å². The molecule has 0 radical (unpaired) electrons. The van der Waals surface area contributed by atoms with Crippen LogP contribution < -0.4 is 4.74 Å². The molecular weight excluding hydrogens is 379 g/mol. The van der Waals surface area contributed by atoms with Gasteiger partial charge in [-0.2, -0.15) is 9.78 Å². The third-order valence-corrected chi connectivity index (χ3v) is 4.33. The van der Waals surface area contributed by atoms with Crippen LogP contribution >= 0.6 is 11.6 Å². The maximum atomic E-state index is 13.9. The lowest BCUT2D eigenvalue weighted by Gasteiger charge is -2.08. The summed E-state index contributed by atoms with van der Waals surface area (Å²) in [6.45, 7) is 0. The zero-order valence-corrected chi connectivity index (χ0v) is 15.3. The van der Waals surface area contributed by atoms with Crippen molar-refractivity contribution in [2.45, 2.75) is 0 Å². The molecule has 0 aliphatic heterocycles. The maximum Gasteiger partial charge on any atom is 0.347 e. The van der Waals surface area contributed by atoms with Crippen LogP contribution in [-0.2, 0) is 0 Å². The molecule has 0 N–H and O–H groups in total. The van der Waals surface area contributed by atoms with Gasteiger partial charge in [-0.15, -0.1) is 0 Å². The summed E-state index contributed by atoms with van der Waals surface area (Å²) in [4.78, 5) is 12.5. The number of carbonyl (C=O) groups excluding carboxylic acids is 1. The van der Waals surface area contributed by atoms with Crippen molar-refractivity contribution in [2.24, 2.45) is 0 Å². The predicted molar refractivity (Wildman–Crippen MR) is 105 cm³/mol. The van der Waals surface area contributed by atoms with E-state index in [2.05, 4.69) is 5.10 Å². The molecule has 1 aromatic heterocycles. The van der Waals surface area contributed by atoms with Gasteiger partial charge in [0.2, 0.25) is 5.88 Å². The standard InChI is InChI=1S/C22H14ClFN2O2/c23-16-9-6-10-17(13-16)26-21(14-20(25-26)15-7-2-1-3-8-15)28-22(27)18-11-4-5-12-19(18)24/h1-14H. The Hall–Kier alpha value is -3.44. The van der Waals surface area contributed by atoms with E-state index in [0.29, 0.717) is 16.4 Å². The molecule has 0 bridgehead atoms. The Morgan fingerprint density at radius 3 is 2.43 bits per heavy atom. The third kappa shape index (κ3) is 3.66. The van der Waals surface area contributed by atoms with Gasteiger partial charge in [-0.05, 0) is 30.3 Å².